The fraction of sp³-hybridized carbons (Fsp3) is 0.294. The van der Waals surface area contributed by atoms with Crippen molar-refractivity contribution in [2.75, 3.05) is 0 Å². The lowest BCUT2D eigenvalue weighted by molar-refractivity contribution is 0.482. The summed E-state index contributed by atoms with van der Waals surface area (Å²) in [7, 11) is 0. The van der Waals surface area contributed by atoms with Gasteiger partial charge in [-0.3, -0.25) is 4.68 Å². The molecule has 0 bridgehead atoms. The highest BCUT2D eigenvalue weighted by molar-refractivity contribution is 7.71. The number of H-pyrrole nitrogens is 1. The van der Waals surface area contributed by atoms with Crippen LogP contribution in [0.1, 0.15) is 25.1 Å². The maximum absolute atomic E-state index is 13.5. The average molecular weight is 393 g/mol. The Labute approximate surface area is 160 Å². The van der Waals surface area contributed by atoms with Gasteiger partial charge >= 0.3 is 0 Å². The smallest absolute Gasteiger partial charge is 0.216 e. The summed E-state index contributed by atoms with van der Waals surface area (Å²) >= 11 is 11.7. The molecule has 0 aliphatic heterocycles. The second kappa shape index (κ2) is 7.51. The van der Waals surface area contributed by atoms with Gasteiger partial charge in [0.1, 0.15) is 11.0 Å². The van der Waals surface area contributed by atoms with Gasteiger partial charge in [0.25, 0.3) is 0 Å². The number of nitrogens with one attached hydrogen (secondary N) is 1. The number of aryl methyl sites for hydroxylation is 1. The molecule has 0 saturated heterocycles. The minimum Gasteiger partial charge on any atom is -0.253 e. The molecule has 0 radical (unpaired) electrons. The standard InChI is InChI=1S/C17H18ClFN6S/c1-10(2)9-24-15(18)14(11(3)23-24)8-20-25-16(21-22-17(25)26)12-5-4-6-13(19)7-12/h4-8,10H,9H2,1-3H3,(H,22,26). The first-order chi connectivity index (χ1) is 12.4. The largest absolute Gasteiger partial charge is 0.253 e. The van der Waals surface area contributed by atoms with E-state index in [4.69, 9.17) is 23.8 Å². The molecule has 2 aromatic heterocycles. The maximum Gasteiger partial charge on any atom is 0.216 e. The van der Waals surface area contributed by atoms with Crippen LogP contribution in [0, 0.1) is 23.4 Å². The predicted octanol–water partition coefficient (Wildman–Crippen LogP) is 4.44. The molecule has 6 nitrogen and oxygen atoms in total. The molecular weight excluding hydrogens is 375 g/mol. The summed E-state index contributed by atoms with van der Waals surface area (Å²) in [6.07, 6.45) is 1.59. The van der Waals surface area contributed by atoms with Crippen LogP contribution < -0.4 is 0 Å². The van der Waals surface area contributed by atoms with Crippen LogP contribution >= 0.6 is 23.8 Å². The number of hydrogen-bond acceptors (Lipinski definition) is 4. The number of hydrogen-bond donors (Lipinski definition) is 1. The lowest BCUT2D eigenvalue weighted by atomic mass is 10.2. The lowest BCUT2D eigenvalue weighted by Crippen LogP contribution is -2.06. The van der Waals surface area contributed by atoms with Crippen molar-refractivity contribution in [3.8, 4) is 11.4 Å². The molecular formula is C17H18ClFN6S. The van der Waals surface area contributed by atoms with Crippen LogP contribution in [-0.2, 0) is 6.54 Å². The molecule has 0 unspecified atom stereocenters. The number of halogens is 2. The van der Waals surface area contributed by atoms with Crippen molar-refractivity contribution in [3.05, 3.63) is 51.3 Å². The van der Waals surface area contributed by atoms with E-state index < -0.39 is 0 Å². The quantitative estimate of drug-likeness (QED) is 0.515. The van der Waals surface area contributed by atoms with Gasteiger partial charge in [-0.2, -0.15) is 20.0 Å². The summed E-state index contributed by atoms with van der Waals surface area (Å²) in [5.74, 6) is 0.466. The van der Waals surface area contributed by atoms with Gasteiger partial charge in [-0.25, -0.2) is 9.49 Å². The van der Waals surface area contributed by atoms with Crippen LogP contribution in [0.3, 0.4) is 0 Å². The summed E-state index contributed by atoms with van der Waals surface area (Å²) in [4.78, 5) is 0. The minimum atomic E-state index is -0.360. The molecule has 3 rings (SSSR count). The number of aromatic amines is 1. The highest BCUT2D eigenvalue weighted by Crippen LogP contribution is 2.21. The zero-order valence-electron chi connectivity index (χ0n) is 14.6. The van der Waals surface area contributed by atoms with Crippen molar-refractivity contribution in [1.29, 1.82) is 0 Å². The van der Waals surface area contributed by atoms with Crippen LogP contribution in [0.25, 0.3) is 11.4 Å². The molecule has 2 heterocycles. The first-order valence-corrected chi connectivity index (χ1v) is 8.86. The molecule has 0 fully saturated rings. The normalized spacial score (nSPS) is 11.8. The van der Waals surface area contributed by atoms with Crippen LogP contribution in [0.4, 0.5) is 4.39 Å². The molecule has 0 aliphatic rings. The topological polar surface area (TPSA) is 63.8 Å². The van der Waals surface area contributed by atoms with Gasteiger partial charge in [0.2, 0.25) is 4.77 Å². The molecule has 1 aromatic carbocycles. The third-order valence-electron chi connectivity index (χ3n) is 3.68. The van der Waals surface area contributed by atoms with Crippen molar-refractivity contribution >= 4 is 30.0 Å². The van der Waals surface area contributed by atoms with E-state index in [9.17, 15) is 4.39 Å². The summed E-state index contributed by atoms with van der Waals surface area (Å²) < 4.78 is 17.0. The zero-order valence-corrected chi connectivity index (χ0v) is 16.1. The van der Waals surface area contributed by atoms with Gasteiger partial charge in [-0.05, 0) is 37.2 Å². The minimum absolute atomic E-state index is 0.295. The van der Waals surface area contributed by atoms with Gasteiger partial charge in [-0.1, -0.05) is 37.6 Å². The average Bonchev–Trinajstić information content (AvgIpc) is 3.06. The number of nitrogens with zero attached hydrogens (tertiary/aromatic N) is 5. The second-order valence-electron chi connectivity index (χ2n) is 6.28. The Morgan fingerprint density at radius 1 is 1.42 bits per heavy atom. The van der Waals surface area contributed by atoms with Crippen molar-refractivity contribution in [3.63, 3.8) is 0 Å². The third-order valence-corrected chi connectivity index (χ3v) is 4.35. The SMILES string of the molecule is Cc1nn(CC(C)C)c(Cl)c1C=Nn1c(-c2cccc(F)c2)n[nH]c1=S. The van der Waals surface area contributed by atoms with Crippen LogP contribution in [0.5, 0.6) is 0 Å². The van der Waals surface area contributed by atoms with Gasteiger partial charge < -0.3 is 0 Å². The Morgan fingerprint density at radius 3 is 2.88 bits per heavy atom. The fourth-order valence-electron chi connectivity index (χ4n) is 2.51. The number of rotatable bonds is 5. The molecule has 0 spiro atoms. The Morgan fingerprint density at radius 2 is 2.19 bits per heavy atom. The molecule has 136 valence electrons. The Kier molecular flexibility index (Phi) is 5.33. The van der Waals surface area contributed by atoms with E-state index in [0.29, 0.717) is 39.3 Å². The van der Waals surface area contributed by atoms with Gasteiger partial charge in [-0.15, -0.1) is 0 Å². The van der Waals surface area contributed by atoms with Crippen molar-refractivity contribution in [1.82, 2.24) is 24.7 Å². The third kappa shape index (κ3) is 3.76. The van der Waals surface area contributed by atoms with Gasteiger partial charge in [0.05, 0.1) is 17.5 Å². The first-order valence-electron chi connectivity index (χ1n) is 8.07. The van der Waals surface area contributed by atoms with E-state index in [0.717, 1.165) is 5.69 Å². The molecule has 0 aliphatic carbocycles. The summed E-state index contributed by atoms with van der Waals surface area (Å²) in [6, 6.07) is 6.08. The number of aromatic nitrogens is 5. The summed E-state index contributed by atoms with van der Waals surface area (Å²) in [5, 5.41) is 16.2. The molecule has 0 atom stereocenters. The Bertz CT molecular complexity index is 1020. The van der Waals surface area contributed by atoms with Crippen LogP contribution in [0.2, 0.25) is 5.15 Å². The highest BCUT2D eigenvalue weighted by atomic mass is 35.5. The van der Waals surface area contributed by atoms with E-state index in [-0.39, 0.29) is 5.82 Å². The molecule has 1 N–H and O–H groups in total. The molecule has 9 heteroatoms. The predicted molar refractivity (Wildman–Crippen MR) is 103 cm³/mol. The van der Waals surface area contributed by atoms with Gasteiger partial charge in [0.15, 0.2) is 5.82 Å². The van der Waals surface area contributed by atoms with E-state index >= 15 is 0 Å². The number of benzene rings is 1. The van der Waals surface area contributed by atoms with E-state index in [2.05, 4.69) is 34.2 Å². The van der Waals surface area contributed by atoms with Crippen LogP contribution in [-0.4, -0.2) is 30.9 Å². The molecule has 0 saturated carbocycles. The van der Waals surface area contributed by atoms with E-state index in [1.54, 1.807) is 23.0 Å². The Hall–Kier alpha value is -2.32. The van der Waals surface area contributed by atoms with Gasteiger partial charge in [0, 0.05) is 12.1 Å². The molecule has 26 heavy (non-hydrogen) atoms. The molecule has 0 amide bonds. The fourth-order valence-corrected chi connectivity index (χ4v) is 2.98. The van der Waals surface area contributed by atoms with Crippen molar-refractivity contribution in [2.24, 2.45) is 11.0 Å². The van der Waals surface area contributed by atoms with Crippen molar-refractivity contribution < 1.29 is 4.39 Å². The van der Waals surface area contributed by atoms with Crippen LogP contribution in [0.15, 0.2) is 29.4 Å². The zero-order chi connectivity index (χ0) is 18.8. The maximum atomic E-state index is 13.5. The van der Waals surface area contributed by atoms with Crippen molar-refractivity contribution in [2.45, 2.75) is 27.3 Å². The monoisotopic (exact) mass is 392 g/mol. The summed E-state index contributed by atoms with van der Waals surface area (Å²) in [5.41, 5.74) is 2.04. The highest BCUT2D eigenvalue weighted by Gasteiger charge is 2.14. The summed E-state index contributed by atoms with van der Waals surface area (Å²) in [6.45, 7) is 6.77. The lowest BCUT2D eigenvalue weighted by Gasteiger charge is -2.05. The second-order valence-corrected chi connectivity index (χ2v) is 7.03. The van der Waals surface area contributed by atoms with E-state index in [1.165, 1.54) is 16.8 Å². The Balaban J connectivity index is 1.99. The van der Waals surface area contributed by atoms with E-state index in [1.807, 2.05) is 6.92 Å². The molecule has 3 aromatic rings. The first kappa shape index (κ1) is 18.5.